The molecule has 1 amide bonds. The van der Waals surface area contributed by atoms with Gasteiger partial charge in [0.25, 0.3) is 5.69 Å². The number of anilines is 1. The average molecular weight is 413 g/mol. The van der Waals surface area contributed by atoms with Crippen LogP contribution in [0.15, 0.2) is 72.8 Å². The fourth-order valence-electron chi connectivity index (χ4n) is 4.95. The minimum absolute atomic E-state index is 0.0379. The van der Waals surface area contributed by atoms with Crippen molar-refractivity contribution in [1.82, 2.24) is 4.90 Å². The van der Waals surface area contributed by atoms with Crippen molar-refractivity contribution in [2.24, 2.45) is 5.92 Å². The Morgan fingerprint density at radius 2 is 1.81 bits per heavy atom. The minimum atomic E-state index is -0.389. The zero-order valence-electron chi connectivity index (χ0n) is 17.2. The van der Waals surface area contributed by atoms with Crippen LogP contribution in [0.1, 0.15) is 40.8 Å². The monoisotopic (exact) mass is 413 g/mol. The van der Waals surface area contributed by atoms with Gasteiger partial charge in [-0.1, -0.05) is 60.2 Å². The first kappa shape index (κ1) is 19.3. The Balaban J connectivity index is 1.56. The molecule has 0 saturated carbocycles. The summed E-state index contributed by atoms with van der Waals surface area (Å²) in [4.78, 5) is 25.8. The number of nitro groups is 1. The molecule has 2 heterocycles. The fraction of sp³-hybridized carbons (Fsp3) is 0.240. The fourth-order valence-corrected chi connectivity index (χ4v) is 4.95. The van der Waals surface area contributed by atoms with E-state index in [4.69, 9.17) is 0 Å². The van der Waals surface area contributed by atoms with Gasteiger partial charge in [0.1, 0.15) is 0 Å². The van der Waals surface area contributed by atoms with Gasteiger partial charge < -0.3 is 10.2 Å². The van der Waals surface area contributed by atoms with Gasteiger partial charge in [-0.3, -0.25) is 14.9 Å². The van der Waals surface area contributed by atoms with Gasteiger partial charge in [-0.15, -0.1) is 0 Å². The molecule has 3 aromatic carbocycles. The molecule has 0 radical (unpaired) electrons. The van der Waals surface area contributed by atoms with Crippen LogP contribution in [-0.4, -0.2) is 15.7 Å². The molecule has 3 aromatic rings. The number of benzene rings is 3. The molecule has 0 unspecified atom stereocenters. The van der Waals surface area contributed by atoms with Gasteiger partial charge >= 0.3 is 0 Å². The Bertz CT molecular complexity index is 1140. The number of nitro benzene ring substituents is 1. The molecule has 5 rings (SSSR count). The number of likely N-dealkylation sites (tertiary alicyclic amines) is 1. The lowest BCUT2D eigenvalue weighted by atomic mass is 9.79. The first-order valence-electron chi connectivity index (χ1n) is 10.5. The van der Waals surface area contributed by atoms with Crippen molar-refractivity contribution >= 4 is 17.3 Å². The number of non-ortho nitro benzene ring substituents is 1. The summed E-state index contributed by atoms with van der Waals surface area (Å²) < 4.78 is 0. The zero-order chi connectivity index (χ0) is 21.5. The molecule has 1 fully saturated rings. The molecular formula is C25H23N3O3. The SMILES string of the molecule is Cc1ccc2c(c1)[C@@H]1[C@@H](CC(=O)N1Cc1ccccc1)[C@H](c1ccc([N+](=O)[O-])cc1)N2. The maximum absolute atomic E-state index is 13.2. The lowest BCUT2D eigenvalue weighted by molar-refractivity contribution is -0.384. The van der Waals surface area contributed by atoms with Gasteiger partial charge in [-0.25, -0.2) is 0 Å². The Hall–Kier alpha value is -3.67. The smallest absolute Gasteiger partial charge is 0.269 e. The highest BCUT2D eigenvalue weighted by Crippen LogP contribution is 2.52. The van der Waals surface area contributed by atoms with Crippen LogP contribution >= 0.6 is 0 Å². The highest BCUT2D eigenvalue weighted by atomic mass is 16.6. The van der Waals surface area contributed by atoms with E-state index in [0.29, 0.717) is 13.0 Å². The molecule has 156 valence electrons. The minimum Gasteiger partial charge on any atom is -0.378 e. The van der Waals surface area contributed by atoms with E-state index in [-0.39, 0.29) is 34.5 Å². The van der Waals surface area contributed by atoms with Crippen LogP contribution < -0.4 is 5.32 Å². The molecule has 0 aliphatic carbocycles. The summed E-state index contributed by atoms with van der Waals surface area (Å²) in [5, 5.41) is 14.7. The maximum atomic E-state index is 13.2. The number of hydrogen-bond acceptors (Lipinski definition) is 4. The first-order valence-corrected chi connectivity index (χ1v) is 10.5. The molecule has 1 N–H and O–H groups in total. The summed E-state index contributed by atoms with van der Waals surface area (Å²) in [6, 6.07) is 22.9. The first-order chi connectivity index (χ1) is 15.0. The second-order valence-electron chi connectivity index (χ2n) is 8.38. The number of rotatable bonds is 4. The Kier molecular flexibility index (Phi) is 4.70. The lowest BCUT2D eigenvalue weighted by Crippen LogP contribution is -2.35. The quantitative estimate of drug-likeness (QED) is 0.473. The van der Waals surface area contributed by atoms with E-state index in [1.807, 2.05) is 35.2 Å². The van der Waals surface area contributed by atoms with Crippen molar-refractivity contribution in [3.05, 3.63) is 105 Å². The molecule has 0 spiro atoms. The number of amides is 1. The predicted octanol–water partition coefficient (Wildman–Crippen LogP) is 5.16. The van der Waals surface area contributed by atoms with Gasteiger partial charge in [0.15, 0.2) is 0 Å². The van der Waals surface area contributed by atoms with E-state index in [9.17, 15) is 14.9 Å². The highest BCUT2D eigenvalue weighted by molar-refractivity contribution is 5.81. The molecule has 3 atom stereocenters. The largest absolute Gasteiger partial charge is 0.378 e. The number of carbonyl (C=O) groups is 1. The van der Waals surface area contributed by atoms with E-state index in [0.717, 1.165) is 27.9 Å². The van der Waals surface area contributed by atoms with Crippen molar-refractivity contribution in [3.8, 4) is 0 Å². The molecule has 0 bridgehead atoms. The zero-order valence-corrected chi connectivity index (χ0v) is 17.2. The Morgan fingerprint density at radius 1 is 1.06 bits per heavy atom. The average Bonchev–Trinajstić information content (AvgIpc) is 3.10. The van der Waals surface area contributed by atoms with E-state index >= 15 is 0 Å². The van der Waals surface area contributed by atoms with Crippen LogP contribution in [0.2, 0.25) is 0 Å². The van der Waals surface area contributed by atoms with E-state index in [1.165, 1.54) is 12.1 Å². The summed E-state index contributed by atoms with van der Waals surface area (Å²) in [5.74, 6) is 0.189. The second kappa shape index (κ2) is 7.54. The number of carbonyl (C=O) groups excluding carboxylic acids is 1. The van der Waals surface area contributed by atoms with Crippen molar-refractivity contribution < 1.29 is 9.72 Å². The topological polar surface area (TPSA) is 75.5 Å². The third-order valence-electron chi connectivity index (χ3n) is 6.40. The van der Waals surface area contributed by atoms with Crippen molar-refractivity contribution in [2.75, 3.05) is 5.32 Å². The molecular weight excluding hydrogens is 390 g/mol. The third-order valence-corrected chi connectivity index (χ3v) is 6.40. The van der Waals surface area contributed by atoms with Crippen LogP contribution in [-0.2, 0) is 11.3 Å². The Labute approximate surface area is 180 Å². The van der Waals surface area contributed by atoms with Crippen LogP contribution in [0.3, 0.4) is 0 Å². The summed E-state index contributed by atoms with van der Waals surface area (Å²) in [5.41, 5.74) is 5.46. The second-order valence-corrected chi connectivity index (χ2v) is 8.38. The van der Waals surface area contributed by atoms with Crippen LogP contribution in [0.25, 0.3) is 0 Å². The Morgan fingerprint density at radius 3 is 2.52 bits per heavy atom. The number of aryl methyl sites for hydroxylation is 1. The van der Waals surface area contributed by atoms with Crippen LogP contribution in [0.4, 0.5) is 11.4 Å². The number of fused-ring (bicyclic) bond motifs is 3. The van der Waals surface area contributed by atoms with Crippen molar-refractivity contribution in [1.29, 1.82) is 0 Å². The molecule has 6 nitrogen and oxygen atoms in total. The number of hydrogen-bond donors (Lipinski definition) is 1. The van der Waals surface area contributed by atoms with Gasteiger partial charge in [-0.2, -0.15) is 0 Å². The van der Waals surface area contributed by atoms with Gasteiger partial charge in [0.05, 0.1) is 17.0 Å². The van der Waals surface area contributed by atoms with Crippen LogP contribution in [0, 0.1) is 23.0 Å². The van der Waals surface area contributed by atoms with E-state index < -0.39 is 0 Å². The van der Waals surface area contributed by atoms with Crippen molar-refractivity contribution in [3.63, 3.8) is 0 Å². The van der Waals surface area contributed by atoms with Crippen LogP contribution in [0.5, 0.6) is 0 Å². The summed E-state index contributed by atoms with van der Waals surface area (Å²) in [7, 11) is 0. The summed E-state index contributed by atoms with van der Waals surface area (Å²) in [6.45, 7) is 2.64. The van der Waals surface area contributed by atoms with Gasteiger partial charge in [0.2, 0.25) is 5.91 Å². The molecule has 1 saturated heterocycles. The van der Waals surface area contributed by atoms with Gasteiger partial charge in [0, 0.05) is 36.7 Å². The van der Waals surface area contributed by atoms with E-state index in [2.05, 4.69) is 30.4 Å². The molecule has 0 aromatic heterocycles. The summed E-state index contributed by atoms with van der Waals surface area (Å²) >= 11 is 0. The van der Waals surface area contributed by atoms with Gasteiger partial charge in [-0.05, 0) is 29.7 Å². The maximum Gasteiger partial charge on any atom is 0.269 e. The molecule has 2 aliphatic rings. The number of nitrogens with zero attached hydrogens (tertiary/aromatic N) is 2. The predicted molar refractivity (Wildman–Crippen MR) is 118 cm³/mol. The lowest BCUT2D eigenvalue weighted by Gasteiger charge is -2.40. The third kappa shape index (κ3) is 3.44. The molecule has 2 aliphatic heterocycles. The normalized spacial score (nSPS) is 21.9. The standard InChI is InChI=1S/C25H23N3O3/c1-16-7-12-22-20(13-16)25-21(14-23(29)27(25)15-17-5-3-2-4-6-17)24(26-22)18-8-10-19(11-9-18)28(30)31/h2-13,21,24-26H,14-15H2,1H3/t21-,24-,25+/m0/s1. The van der Waals surface area contributed by atoms with E-state index in [1.54, 1.807) is 12.1 Å². The molecule has 6 heteroatoms. The molecule has 31 heavy (non-hydrogen) atoms. The summed E-state index contributed by atoms with van der Waals surface area (Å²) in [6.07, 6.45) is 0.444. The van der Waals surface area contributed by atoms with Crippen molar-refractivity contribution in [2.45, 2.75) is 32.0 Å². The highest BCUT2D eigenvalue weighted by Gasteiger charge is 2.48. The number of nitrogens with one attached hydrogen (secondary N) is 1.